The van der Waals surface area contributed by atoms with E-state index in [1.165, 1.54) is 47.8 Å². The zero-order valence-corrected chi connectivity index (χ0v) is 30.6. The zero-order chi connectivity index (χ0) is 36.3. The summed E-state index contributed by atoms with van der Waals surface area (Å²) >= 11 is 1.86. The Labute approximate surface area is 322 Å². The predicted octanol–water partition coefficient (Wildman–Crippen LogP) is 15.6. The van der Waals surface area contributed by atoms with Gasteiger partial charge in [0, 0.05) is 37.5 Å². The lowest BCUT2D eigenvalue weighted by molar-refractivity contribution is 0.673. The van der Waals surface area contributed by atoms with Crippen molar-refractivity contribution in [2.24, 2.45) is 0 Å². The molecular weight excluding hydrogens is 687 g/mol. The summed E-state index contributed by atoms with van der Waals surface area (Å²) in [6.45, 7) is 0. The first-order valence-corrected chi connectivity index (χ1v) is 19.5. The van der Waals surface area contributed by atoms with E-state index in [4.69, 9.17) is 4.42 Å². The fraction of sp³-hybridized carbons (Fsp3) is 0. The summed E-state index contributed by atoms with van der Waals surface area (Å²) in [6.07, 6.45) is 0. The third-order valence-electron chi connectivity index (χ3n) is 10.9. The molecule has 0 radical (unpaired) electrons. The highest BCUT2D eigenvalue weighted by Gasteiger charge is 2.27. The lowest BCUT2D eigenvalue weighted by atomic mass is 9.93. The number of nitrogens with zero attached hydrogens (tertiary/aromatic N) is 1. The summed E-state index contributed by atoms with van der Waals surface area (Å²) in [4.78, 5) is 2.49. The monoisotopic (exact) mass is 719 g/mol. The summed E-state index contributed by atoms with van der Waals surface area (Å²) in [5, 5.41) is 6.99. The lowest BCUT2D eigenvalue weighted by Gasteiger charge is -2.29. The number of anilines is 3. The summed E-state index contributed by atoms with van der Waals surface area (Å²) in [5.41, 5.74) is 12.1. The predicted molar refractivity (Wildman–Crippen MR) is 235 cm³/mol. The van der Waals surface area contributed by atoms with Gasteiger partial charge >= 0.3 is 0 Å². The standard InChI is InChI=1S/C52H33NOS/c1-4-15-34(16-5-1)35-27-29-38(30-28-35)53(46-25-14-24-43-41-22-12-13-26-48(41)55-52(43)46)50-39(36-17-6-2-7-18-36)31-32-47-49(50)45-33-44(37-19-8-3-9-20-37)40-21-10-11-23-42(40)51(45)54-47/h1-33H. The van der Waals surface area contributed by atoms with Gasteiger partial charge in [-0.2, -0.15) is 0 Å². The van der Waals surface area contributed by atoms with Gasteiger partial charge in [-0.1, -0.05) is 158 Å². The molecule has 258 valence electrons. The molecule has 0 atom stereocenters. The average molecular weight is 720 g/mol. The highest BCUT2D eigenvalue weighted by molar-refractivity contribution is 7.26. The first kappa shape index (κ1) is 31.6. The SMILES string of the molecule is c1ccc(-c2ccc(N(c3cccc4c3sc3ccccc34)c3c(-c4ccccc4)ccc4oc5c6ccccc6c(-c6ccccc6)cc5c34)cc2)cc1. The Bertz CT molecular complexity index is 3180. The van der Waals surface area contributed by atoms with Crippen LogP contribution in [0.5, 0.6) is 0 Å². The molecule has 0 aliphatic rings. The summed E-state index contributed by atoms with van der Waals surface area (Å²) in [6, 6.07) is 72.1. The third kappa shape index (κ3) is 5.16. The van der Waals surface area contributed by atoms with E-state index in [9.17, 15) is 0 Å². The minimum atomic E-state index is 0.856. The van der Waals surface area contributed by atoms with Gasteiger partial charge in [-0.05, 0) is 75.7 Å². The Kier molecular flexibility index (Phi) is 7.39. The topological polar surface area (TPSA) is 16.4 Å². The fourth-order valence-corrected chi connectivity index (χ4v) is 9.55. The van der Waals surface area contributed by atoms with Crippen LogP contribution in [0.4, 0.5) is 17.1 Å². The number of rotatable bonds is 6. The molecule has 9 aromatic carbocycles. The molecule has 2 heterocycles. The van der Waals surface area contributed by atoms with E-state index in [-0.39, 0.29) is 0 Å². The van der Waals surface area contributed by atoms with Crippen molar-refractivity contribution < 1.29 is 4.42 Å². The molecule has 3 heteroatoms. The van der Waals surface area contributed by atoms with Crippen molar-refractivity contribution in [1.29, 1.82) is 0 Å². The number of thiophene rings is 1. The number of benzene rings is 9. The first-order chi connectivity index (χ1) is 27.3. The van der Waals surface area contributed by atoms with Crippen LogP contribution in [-0.4, -0.2) is 0 Å². The second kappa shape index (κ2) is 12.9. The van der Waals surface area contributed by atoms with Gasteiger partial charge in [0.15, 0.2) is 0 Å². The largest absolute Gasteiger partial charge is 0.455 e. The van der Waals surface area contributed by atoms with Gasteiger partial charge in [0.05, 0.1) is 21.5 Å². The Hall–Kier alpha value is -6.94. The maximum Gasteiger partial charge on any atom is 0.143 e. The van der Waals surface area contributed by atoms with E-state index < -0.39 is 0 Å². The Morgan fingerprint density at radius 2 is 0.982 bits per heavy atom. The Morgan fingerprint density at radius 1 is 0.400 bits per heavy atom. The van der Waals surface area contributed by atoms with E-state index in [1.807, 2.05) is 11.3 Å². The van der Waals surface area contributed by atoms with Crippen molar-refractivity contribution >= 4 is 81.3 Å². The van der Waals surface area contributed by atoms with Gasteiger partial charge in [-0.25, -0.2) is 0 Å². The van der Waals surface area contributed by atoms with Crippen LogP contribution >= 0.6 is 11.3 Å². The number of fused-ring (bicyclic) bond motifs is 8. The smallest absolute Gasteiger partial charge is 0.143 e. The fourth-order valence-electron chi connectivity index (χ4n) is 8.34. The van der Waals surface area contributed by atoms with Gasteiger partial charge < -0.3 is 9.32 Å². The molecule has 11 aromatic rings. The Morgan fingerprint density at radius 3 is 1.71 bits per heavy atom. The number of hydrogen-bond acceptors (Lipinski definition) is 3. The molecule has 55 heavy (non-hydrogen) atoms. The molecule has 2 nitrogen and oxygen atoms in total. The maximum absolute atomic E-state index is 7.00. The molecule has 0 saturated carbocycles. The second-order valence-corrected chi connectivity index (χ2v) is 15.1. The molecule has 0 saturated heterocycles. The van der Waals surface area contributed by atoms with Gasteiger partial charge in [-0.15, -0.1) is 11.3 Å². The third-order valence-corrected chi connectivity index (χ3v) is 12.1. The average Bonchev–Trinajstić information content (AvgIpc) is 3.84. The van der Waals surface area contributed by atoms with Crippen molar-refractivity contribution in [1.82, 2.24) is 0 Å². The van der Waals surface area contributed by atoms with Crippen LogP contribution in [0.25, 0.3) is 86.3 Å². The van der Waals surface area contributed by atoms with Crippen LogP contribution in [-0.2, 0) is 0 Å². The van der Waals surface area contributed by atoms with Gasteiger partial charge in [0.2, 0.25) is 0 Å². The molecule has 0 fully saturated rings. The molecule has 2 aromatic heterocycles. The van der Waals surface area contributed by atoms with E-state index in [1.54, 1.807) is 0 Å². The molecular formula is C52H33NOS. The minimum absolute atomic E-state index is 0.856. The van der Waals surface area contributed by atoms with Crippen molar-refractivity contribution in [3.63, 3.8) is 0 Å². The van der Waals surface area contributed by atoms with Gasteiger partial charge in [0.1, 0.15) is 11.2 Å². The van der Waals surface area contributed by atoms with E-state index in [0.717, 1.165) is 55.5 Å². The molecule has 11 rings (SSSR count). The van der Waals surface area contributed by atoms with Crippen LogP contribution in [0.1, 0.15) is 0 Å². The molecule has 0 aliphatic carbocycles. The zero-order valence-electron chi connectivity index (χ0n) is 29.8. The molecule has 0 bridgehead atoms. The lowest BCUT2D eigenvalue weighted by Crippen LogP contribution is -2.12. The van der Waals surface area contributed by atoms with Crippen LogP contribution in [0, 0.1) is 0 Å². The van der Waals surface area contributed by atoms with E-state index in [0.29, 0.717) is 0 Å². The minimum Gasteiger partial charge on any atom is -0.455 e. The van der Waals surface area contributed by atoms with E-state index in [2.05, 4.69) is 205 Å². The second-order valence-electron chi connectivity index (χ2n) is 14.0. The molecule has 0 spiro atoms. The number of furan rings is 1. The first-order valence-electron chi connectivity index (χ1n) is 18.7. The van der Waals surface area contributed by atoms with Crippen LogP contribution < -0.4 is 4.90 Å². The van der Waals surface area contributed by atoms with Gasteiger partial charge in [-0.3, -0.25) is 0 Å². The summed E-state index contributed by atoms with van der Waals surface area (Å²) < 4.78 is 9.52. The van der Waals surface area contributed by atoms with Crippen LogP contribution in [0.3, 0.4) is 0 Å². The molecule has 0 unspecified atom stereocenters. The Balaban J connectivity index is 1.29. The summed E-state index contributed by atoms with van der Waals surface area (Å²) in [5.74, 6) is 0. The van der Waals surface area contributed by atoms with Crippen LogP contribution in [0.15, 0.2) is 205 Å². The molecule has 0 amide bonds. The maximum atomic E-state index is 7.00. The molecule has 0 aliphatic heterocycles. The van der Waals surface area contributed by atoms with Crippen molar-refractivity contribution in [2.45, 2.75) is 0 Å². The van der Waals surface area contributed by atoms with Crippen LogP contribution in [0.2, 0.25) is 0 Å². The van der Waals surface area contributed by atoms with Crippen molar-refractivity contribution in [3.05, 3.63) is 200 Å². The highest BCUT2D eigenvalue weighted by atomic mass is 32.1. The quantitative estimate of drug-likeness (QED) is 0.170. The van der Waals surface area contributed by atoms with Gasteiger partial charge in [0.25, 0.3) is 0 Å². The normalized spacial score (nSPS) is 11.6. The van der Waals surface area contributed by atoms with E-state index >= 15 is 0 Å². The van der Waals surface area contributed by atoms with Crippen molar-refractivity contribution in [2.75, 3.05) is 4.90 Å². The highest BCUT2D eigenvalue weighted by Crippen LogP contribution is 2.52. The van der Waals surface area contributed by atoms with Crippen molar-refractivity contribution in [3.8, 4) is 33.4 Å². The molecule has 0 N–H and O–H groups in total. The number of hydrogen-bond donors (Lipinski definition) is 0. The summed E-state index contributed by atoms with van der Waals surface area (Å²) in [7, 11) is 0.